The molecule has 2 aromatic heterocycles. The molecule has 0 bridgehead atoms. The summed E-state index contributed by atoms with van der Waals surface area (Å²) in [5.74, 6) is 2.15. The fourth-order valence-electron chi connectivity index (χ4n) is 6.23. The van der Waals surface area contributed by atoms with Crippen molar-refractivity contribution in [3.63, 3.8) is 0 Å². The molecule has 2 amide bonds. The van der Waals surface area contributed by atoms with Gasteiger partial charge in [0, 0.05) is 49.0 Å². The molecule has 3 aliphatic rings. The Morgan fingerprint density at radius 2 is 1.41 bits per heavy atom. The lowest BCUT2D eigenvalue weighted by molar-refractivity contribution is 0.0629. The maximum Gasteiger partial charge on any atom is 0.253 e. The Morgan fingerprint density at radius 1 is 0.781 bits per heavy atom. The lowest BCUT2D eigenvalue weighted by atomic mass is 9.60. The van der Waals surface area contributed by atoms with E-state index >= 15 is 0 Å². The summed E-state index contributed by atoms with van der Waals surface area (Å²) in [6.07, 6.45) is 1.90. The van der Waals surface area contributed by atoms with E-state index in [0.717, 1.165) is 48.2 Å². The fraction of sp³-hybridized carbons (Fsp3) is 0.333. The van der Waals surface area contributed by atoms with Crippen LogP contribution < -0.4 is 0 Å². The molecule has 2 aromatic carbocycles. The van der Waals surface area contributed by atoms with Gasteiger partial charge in [-0.3, -0.25) is 14.7 Å². The van der Waals surface area contributed by atoms with Crippen LogP contribution in [0.3, 0.4) is 0 Å². The van der Waals surface area contributed by atoms with Crippen LogP contribution in [0.25, 0.3) is 21.9 Å². The monoisotopic (exact) mass is 426 g/mol. The van der Waals surface area contributed by atoms with Gasteiger partial charge in [0.15, 0.2) is 0 Å². The van der Waals surface area contributed by atoms with Gasteiger partial charge in [0.2, 0.25) is 0 Å². The van der Waals surface area contributed by atoms with Gasteiger partial charge < -0.3 is 14.8 Å². The van der Waals surface area contributed by atoms with Gasteiger partial charge in [-0.1, -0.05) is 11.3 Å². The van der Waals surface area contributed by atoms with Crippen molar-refractivity contribution in [2.24, 2.45) is 23.7 Å². The number of benzene rings is 2. The summed E-state index contributed by atoms with van der Waals surface area (Å²) >= 11 is 0. The van der Waals surface area contributed by atoms with E-state index in [1.165, 1.54) is 0 Å². The standard InChI is InChI=1S/C24H22N6O2/c31-23(14-2-1-13-5-6-25-21(13)7-14)29-9-16-17(10-29)19-12-30(11-18(16)19)24(32)15-3-4-20-22(8-15)27-28-26-20/h1-8,16-19,25H,9-12H2,(H,26,27,28)/t16-,17+,18+,19-. The number of fused-ring (bicyclic) bond motifs is 6. The van der Waals surface area contributed by atoms with E-state index in [0.29, 0.717) is 34.8 Å². The van der Waals surface area contributed by atoms with Gasteiger partial charge in [0.25, 0.3) is 11.8 Å². The summed E-state index contributed by atoms with van der Waals surface area (Å²) in [4.78, 5) is 33.4. The highest BCUT2D eigenvalue weighted by Crippen LogP contribution is 2.54. The number of H-pyrrole nitrogens is 2. The molecule has 0 unspecified atom stereocenters. The zero-order valence-electron chi connectivity index (χ0n) is 17.4. The van der Waals surface area contributed by atoms with Crippen LogP contribution in [-0.2, 0) is 0 Å². The molecule has 7 rings (SSSR count). The van der Waals surface area contributed by atoms with Gasteiger partial charge in [-0.15, -0.1) is 5.10 Å². The molecule has 3 fully saturated rings. The number of likely N-dealkylation sites (tertiary alicyclic amines) is 2. The molecule has 2 N–H and O–H groups in total. The average Bonchev–Trinajstić information content (AvgIpc) is 3.59. The van der Waals surface area contributed by atoms with Crippen LogP contribution in [0, 0.1) is 23.7 Å². The van der Waals surface area contributed by atoms with E-state index in [4.69, 9.17) is 0 Å². The zero-order valence-corrected chi connectivity index (χ0v) is 17.4. The van der Waals surface area contributed by atoms with Crippen molar-refractivity contribution in [3.8, 4) is 0 Å². The topological polar surface area (TPSA) is 98.0 Å². The SMILES string of the molecule is O=C(c1ccc2[nH]nnc2c1)N1C[C@@H]2[C@H](C1)[C@H]1CN(C(=O)c3ccc4cc[nH]c4c3)C[C@@H]21. The number of nitrogens with zero attached hydrogens (tertiary/aromatic N) is 4. The summed E-state index contributed by atoms with van der Waals surface area (Å²) in [6, 6.07) is 13.4. The van der Waals surface area contributed by atoms with E-state index in [9.17, 15) is 9.59 Å². The fourth-order valence-corrected chi connectivity index (χ4v) is 6.23. The molecule has 0 spiro atoms. The van der Waals surface area contributed by atoms with E-state index in [1.807, 2.05) is 58.5 Å². The molecule has 1 saturated carbocycles. The summed E-state index contributed by atoms with van der Waals surface area (Å²) in [5.41, 5.74) is 3.94. The van der Waals surface area contributed by atoms with Crippen LogP contribution in [0.1, 0.15) is 20.7 Å². The smallest absolute Gasteiger partial charge is 0.253 e. The number of hydrogen-bond acceptors (Lipinski definition) is 4. The molecule has 4 atom stereocenters. The number of nitrogens with one attached hydrogen (secondary N) is 2. The number of amides is 2. The van der Waals surface area contributed by atoms with Crippen LogP contribution in [0.4, 0.5) is 0 Å². The van der Waals surface area contributed by atoms with Crippen LogP contribution in [0.5, 0.6) is 0 Å². The second-order valence-corrected chi connectivity index (χ2v) is 9.40. The van der Waals surface area contributed by atoms with Crippen molar-refractivity contribution >= 4 is 33.8 Å². The molecule has 8 heteroatoms. The largest absolute Gasteiger partial charge is 0.361 e. The van der Waals surface area contributed by atoms with Gasteiger partial charge in [0.1, 0.15) is 5.52 Å². The quantitative estimate of drug-likeness (QED) is 0.515. The minimum Gasteiger partial charge on any atom is -0.361 e. The van der Waals surface area contributed by atoms with Gasteiger partial charge in [0.05, 0.1) is 5.52 Å². The number of carbonyl (C=O) groups excluding carboxylic acids is 2. The maximum absolute atomic E-state index is 13.1. The van der Waals surface area contributed by atoms with E-state index in [-0.39, 0.29) is 11.8 Å². The Hall–Kier alpha value is -3.68. The maximum atomic E-state index is 13.1. The molecule has 0 radical (unpaired) electrons. The van der Waals surface area contributed by atoms with Crippen molar-refractivity contribution in [1.29, 1.82) is 0 Å². The van der Waals surface area contributed by atoms with Crippen molar-refractivity contribution < 1.29 is 9.59 Å². The normalized spacial score (nSPS) is 26.4. The Balaban J connectivity index is 1.05. The predicted molar refractivity (Wildman–Crippen MR) is 118 cm³/mol. The summed E-state index contributed by atoms with van der Waals surface area (Å²) in [7, 11) is 0. The number of hydrogen-bond donors (Lipinski definition) is 2. The molecule has 32 heavy (non-hydrogen) atoms. The molecule has 160 valence electrons. The highest BCUT2D eigenvalue weighted by molar-refractivity contribution is 5.98. The molecule has 4 aromatic rings. The first-order valence-corrected chi connectivity index (χ1v) is 11.1. The molecular weight excluding hydrogens is 404 g/mol. The Labute approximate surface area is 183 Å². The van der Waals surface area contributed by atoms with E-state index in [2.05, 4.69) is 20.4 Å². The minimum absolute atomic E-state index is 0.0644. The molecule has 4 heterocycles. The highest BCUT2D eigenvalue weighted by Gasteiger charge is 2.59. The third kappa shape index (κ3) is 2.49. The van der Waals surface area contributed by atoms with Gasteiger partial charge in [-0.25, -0.2) is 0 Å². The Bertz CT molecular complexity index is 1260. The Kier molecular flexibility index (Phi) is 3.60. The molecule has 2 aliphatic heterocycles. The average molecular weight is 426 g/mol. The second kappa shape index (κ2) is 6.41. The van der Waals surface area contributed by atoms with Crippen molar-refractivity contribution in [2.45, 2.75) is 0 Å². The van der Waals surface area contributed by atoms with Crippen molar-refractivity contribution in [1.82, 2.24) is 30.2 Å². The number of rotatable bonds is 2. The number of carbonyl (C=O) groups is 2. The molecule has 8 nitrogen and oxygen atoms in total. The summed E-state index contributed by atoms with van der Waals surface area (Å²) in [5, 5.41) is 11.8. The van der Waals surface area contributed by atoms with Crippen LogP contribution in [0.2, 0.25) is 0 Å². The molecule has 2 saturated heterocycles. The van der Waals surface area contributed by atoms with E-state index in [1.54, 1.807) is 0 Å². The van der Waals surface area contributed by atoms with Crippen LogP contribution >= 0.6 is 0 Å². The van der Waals surface area contributed by atoms with Gasteiger partial charge in [-0.2, -0.15) is 0 Å². The lowest BCUT2D eigenvalue weighted by Gasteiger charge is -2.42. The van der Waals surface area contributed by atoms with E-state index < -0.39 is 0 Å². The van der Waals surface area contributed by atoms with Crippen LogP contribution in [-0.4, -0.2) is 68.2 Å². The third-order valence-electron chi connectivity index (χ3n) is 7.87. The third-order valence-corrected chi connectivity index (χ3v) is 7.87. The first-order chi connectivity index (χ1) is 15.7. The van der Waals surface area contributed by atoms with Crippen molar-refractivity contribution in [3.05, 3.63) is 59.8 Å². The van der Waals surface area contributed by atoms with Crippen LogP contribution in [0.15, 0.2) is 48.7 Å². The predicted octanol–water partition coefficient (Wildman–Crippen LogP) is 2.53. The van der Waals surface area contributed by atoms with Crippen molar-refractivity contribution in [2.75, 3.05) is 26.2 Å². The minimum atomic E-state index is 0.0644. The number of aromatic nitrogens is 4. The van der Waals surface area contributed by atoms with Gasteiger partial charge >= 0.3 is 0 Å². The first-order valence-electron chi connectivity index (χ1n) is 11.1. The second-order valence-electron chi connectivity index (χ2n) is 9.40. The first kappa shape index (κ1) is 17.9. The Morgan fingerprint density at radius 3 is 2.09 bits per heavy atom. The molecule has 1 aliphatic carbocycles. The zero-order chi connectivity index (χ0) is 21.4. The summed E-state index contributed by atoms with van der Waals surface area (Å²) in [6.45, 7) is 3.14. The summed E-state index contributed by atoms with van der Waals surface area (Å²) < 4.78 is 0. The molecular formula is C24H22N6O2. The number of aromatic amines is 2. The lowest BCUT2D eigenvalue weighted by Crippen LogP contribution is -2.44. The highest BCUT2D eigenvalue weighted by atomic mass is 16.2. The van der Waals surface area contributed by atoms with Gasteiger partial charge in [-0.05, 0) is 65.5 Å².